The molecule has 1 rings (SSSR count). The van der Waals surface area contributed by atoms with Crippen molar-refractivity contribution in [2.24, 2.45) is 0 Å². The van der Waals surface area contributed by atoms with Crippen LogP contribution in [-0.2, 0) is 0 Å². The topological polar surface area (TPSA) is 27.1 Å². The Balaban J connectivity index is 2.26. The van der Waals surface area contributed by atoms with Gasteiger partial charge in [-0.1, -0.05) is 22.6 Å². The Hall–Kier alpha value is 0.200. The molecule has 1 fully saturated rings. The molecule has 0 saturated carbocycles. The van der Waals surface area contributed by atoms with E-state index in [2.05, 4.69) is 27.5 Å². The molecule has 0 aromatic carbocycles. The van der Waals surface area contributed by atoms with Crippen molar-refractivity contribution in [1.82, 2.24) is 4.90 Å². The lowest BCUT2D eigenvalue weighted by atomic mass is 10.1. The number of piperidine rings is 1. The lowest BCUT2D eigenvalue weighted by Gasteiger charge is -2.26. The van der Waals surface area contributed by atoms with Gasteiger partial charge < -0.3 is 4.90 Å². The average molecular weight is 238 g/mol. The van der Waals surface area contributed by atoms with Crippen LogP contribution in [0.4, 0.5) is 0 Å². The fraction of sp³-hybridized carbons (Fsp3) is 0.833. The highest BCUT2D eigenvalue weighted by molar-refractivity contribution is 14.1. The van der Waals surface area contributed by atoms with Crippen molar-refractivity contribution in [3.8, 4) is 0 Å². The lowest BCUT2D eigenvalue weighted by Crippen LogP contribution is -2.32. The van der Waals surface area contributed by atoms with Gasteiger partial charge in [0.15, 0.2) is 0 Å². The van der Waals surface area contributed by atoms with E-state index in [1.54, 1.807) is 0 Å². The second-order valence-corrected chi connectivity index (χ2v) is 4.10. The van der Waals surface area contributed by atoms with Gasteiger partial charge in [-0.3, -0.25) is 5.41 Å². The number of rotatable bonds is 1. The third-order valence-electron chi connectivity index (χ3n) is 1.64. The minimum absolute atomic E-state index is 0.846. The van der Waals surface area contributed by atoms with E-state index in [0.29, 0.717) is 0 Å². The molecule has 1 N–H and O–H groups in total. The summed E-state index contributed by atoms with van der Waals surface area (Å²) < 4.78 is 0.846. The molecular weight excluding hydrogens is 227 g/mol. The van der Waals surface area contributed by atoms with Crippen LogP contribution in [-0.4, -0.2) is 28.3 Å². The van der Waals surface area contributed by atoms with Gasteiger partial charge in [0, 0.05) is 17.0 Å². The van der Waals surface area contributed by atoms with Crippen molar-refractivity contribution < 1.29 is 0 Å². The molecule has 0 spiro atoms. The van der Waals surface area contributed by atoms with Crippen LogP contribution in [0.3, 0.4) is 0 Å². The SMILES string of the molecule is N=CN1CCC(I)CC1. The quantitative estimate of drug-likeness (QED) is 0.318. The van der Waals surface area contributed by atoms with Crippen LogP contribution in [0.2, 0.25) is 0 Å². The molecule has 1 saturated heterocycles. The van der Waals surface area contributed by atoms with Crippen LogP contribution < -0.4 is 0 Å². The fourth-order valence-corrected chi connectivity index (χ4v) is 1.55. The van der Waals surface area contributed by atoms with Crippen LogP contribution in [0.15, 0.2) is 0 Å². The maximum atomic E-state index is 6.96. The first kappa shape index (κ1) is 7.31. The van der Waals surface area contributed by atoms with Crippen LogP contribution >= 0.6 is 22.6 Å². The molecule has 1 aliphatic rings. The van der Waals surface area contributed by atoms with Crippen LogP contribution in [0.25, 0.3) is 0 Å². The zero-order valence-corrected chi connectivity index (χ0v) is 7.47. The Labute approximate surface area is 69.3 Å². The molecule has 3 heteroatoms. The van der Waals surface area contributed by atoms with Crippen molar-refractivity contribution in [2.45, 2.75) is 16.8 Å². The second kappa shape index (κ2) is 3.39. The van der Waals surface area contributed by atoms with E-state index >= 15 is 0 Å². The van der Waals surface area contributed by atoms with Gasteiger partial charge in [0.25, 0.3) is 0 Å². The van der Waals surface area contributed by atoms with E-state index in [1.807, 2.05) is 0 Å². The first-order valence-corrected chi connectivity index (χ1v) is 4.46. The second-order valence-electron chi connectivity index (χ2n) is 2.34. The van der Waals surface area contributed by atoms with Crippen molar-refractivity contribution in [1.29, 1.82) is 5.41 Å². The van der Waals surface area contributed by atoms with Crippen LogP contribution in [0.5, 0.6) is 0 Å². The Bertz CT molecular complexity index is 97.2. The van der Waals surface area contributed by atoms with E-state index in [-0.39, 0.29) is 0 Å². The molecule has 0 aliphatic carbocycles. The third-order valence-corrected chi connectivity index (χ3v) is 2.89. The molecule has 0 aromatic rings. The number of nitrogens with zero attached hydrogens (tertiary/aromatic N) is 1. The standard InChI is InChI=1S/C6H11IN2/c7-6-1-3-9(5-8)4-2-6/h5-6,8H,1-4H2. The molecule has 9 heavy (non-hydrogen) atoms. The zero-order chi connectivity index (χ0) is 6.69. The number of hydrogen-bond donors (Lipinski definition) is 1. The van der Waals surface area contributed by atoms with Gasteiger partial charge in [-0.05, 0) is 12.8 Å². The summed E-state index contributed by atoms with van der Waals surface area (Å²) in [6.45, 7) is 2.16. The van der Waals surface area contributed by atoms with E-state index in [0.717, 1.165) is 17.0 Å². The Kier molecular flexibility index (Phi) is 2.75. The van der Waals surface area contributed by atoms with Crippen molar-refractivity contribution in [3.63, 3.8) is 0 Å². The largest absolute Gasteiger partial charge is 0.363 e. The summed E-state index contributed by atoms with van der Waals surface area (Å²) in [6.07, 6.45) is 3.94. The molecule has 0 bridgehead atoms. The fourth-order valence-electron chi connectivity index (χ4n) is 0.997. The molecule has 0 aromatic heterocycles. The van der Waals surface area contributed by atoms with Crippen LogP contribution in [0, 0.1) is 5.41 Å². The molecule has 1 aliphatic heterocycles. The maximum Gasteiger partial charge on any atom is 0.0817 e. The summed E-state index contributed by atoms with van der Waals surface area (Å²) >= 11 is 2.48. The number of nitrogens with one attached hydrogen (secondary N) is 1. The van der Waals surface area contributed by atoms with Gasteiger partial charge in [-0.15, -0.1) is 0 Å². The zero-order valence-electron chi connectivity index (χ0n) is 5.31. The predicted molar refractivity (Wildman–Crippen MR) is 47.4 cm³/mol. The molecule has 0 atom stereocenters. The van der Waals surface area contributed by atoms with Gasteiger partial charge in [0.1, 0.15) is 0 Å². The molecule has 2 nitrogen and oxygen atoms in total. The summed E-state index contributed by atoms with van der Waals surface area (Å²) in [7, 11) is 0. The summed E-state index contributed by atoms with van der Waals surface area (Å²) in [4.78, 5) is 2.06. The minimum Gasteiger partial charge on any atom is -0.363 e. The van der Waals surface area contributed by atoms with Gasteiger partial charge >= 0.3 is 0 Å². The smallest absolute Gasteiger partial charge is 0.0817 e. The first-order valence-electron chi connectivity index (χ1n) is 3.21. The normalized spacial score (nSPS) is 22.1. The average Bonchev–Trinajstić information content (AvgIpc) is 1.90. The first-order chi connectivity index (χ1) is 4.33. The van der Waals surface area contributed by atoms with Gasteiger partial charge in [-0.2, -0.15) is 0 Å². The van der Waals surface area contributed by atoms with E-state index in [4.69, 9.17) is 5.41 Å². The minimum atomic E-state index is 0.846. The monoisotopic (exact) mass is 238 g/mol. The number of hydrogen-bond acceptors (Lipinski definition) is 1. The molecule has 0 radical (unpaired) electrons. The van der Waals surface area contributed by atoms with Crippen molar-refractivity contribution in [3.05, 3.63) is 0 Å². The Morgan fingerprint density at radius 1 is 1.44 bits per heavy atom. The van der Waals surface area contributed by atoms with E-state index in [9.17, 15) is 0 Å². The van der Waals surface area contributed by atoms with E-state index in [1.165, 1.54) is 19.2 Å². The van der Waals surface area contributed by atoms with E-state index < -0.39 is 0 Å². The van der Waals surface area contributed by atoms with Gasteiger partial charge in [-0.25, -0.2) is 0 Å². The molecule has 1 heterocycles. The predicted octanol–water partition coefficient (Wildman–Crippen LogP) is 1.49. The van der Waals surface area contributed by atoms with Gasteiger partial charge in [0.2, 0.25) is 0 Å². The highest BCUT2D eigenvalue weighted by atomic mass is 127. The summed E-state index contributed by atoms with van der Waals surface area (Å²) in [6, 6.07) is 0. The summed E-state index contributed by atoms with van der Waals surface area (Å²) in [5.41, 5.74) is 0. The van der Waals surface area contributed by atoms with Crippen molar-refractivity contribution in [2.75, 3.05) is 13.1 Å². The molecule has 52 valence electrons. The summed E-state index contributed by atoms with van der Waals surface area (Å²) in [5.74, 6) is 0. The number of halogens is 1. The Morgan fingerprint density at radius 3 is 2.44 bits per heavy atom. The third kappa shape index (κ3) is 2.12. The number of likely N-dealkylation sites (tertiary alicyclic amines) is 1. The highest BCUT2D eigenvalue weighted by Gasteiger charge is 2.13. The van der Waals surface area contributed by atoms with Crippen molar-refractivity contribution >= 4 is 28.9 Å². The highest BCUT2D eigenvalue weighted by Crippen LogP contribution is 2.16. The summed E-state index contributed by atoms with van der Waals surface area (Å²) in [5, 5.41) is 6.96. The molecule has 0 amide bonds. The number of alkyl halides is 1. The maximum absolute atomic E-state index is 6.96. The van der Waals surface area contributed by atoms with Gasteiger partial charge in [0.05, 0.1) is 6.34 Å². The van der Waals surface area contributed by atoms with Crippen LogP contribution in [0.1, 0.15) is 12.8 Å². The molecule has 0 unspecified atom stereocenters. The Morgan fingerprint density at radius 2 is 2.00 bits per heavy atom. The molecular formula is C6H11IN2. The lowest BCUT2D eigenvalue weighted by molar-refractivity contribution is 0.362.